The van der Waals surface area contributed by atoms with E-state index >= 15 is 0 Å². The van der Waals surface area contributed by atoms with E-state index in [9.17, 15) is 0 Å². The molecule has 0 saturated heterocycles. The van der Waals surface area contributed by atoms with Gasteiger partial charge in [0.2, 0.25) is 0 Å². The number of hydrogen-bond acceptors (Lipinski definition) is 2. The second-order valence-electron chi connectivity index (χ2n) is 3.36. The van der Waals surface area contributed by atoms with Gasteiger partial charge in [0.25, 0.3) is 0 Å². The Kier molecular flexibility index (Phi) is 3.40. The van der Waals surface area contributed by atoms with Crippen LogP contribution < -0.4 is 0 Å². The van der Waals surface area contributed by atoms with E-state index in [4.69, 9.17) is 0 Å². The van der Waals surface area contributed by atoms with Gasteiger partial charge < -0.3 is 4.84 Å². The molecule has 0 radical (unpaired) electrons. The second-order valence-corrected chi connectivity index (χ2v) is 3.36. The maximum Gasteiger partial charge on any atom is 0.106 e. The molecule has 1 rings (SSSR count). The van der Waals surface area contributed by atoms with Gasteiger partial charge in [0.1, 0.15) is 7.11 Å². The third-order valence-corrected chi connectivity index (χ3v) is 2.54. The van der Waals surface area contributed by atoms with Crippen molar-refractivity contribution in [1.82, 2.24) is 0 Å². The lowest BCUT2D eigenvalue weighted by atomic mass is 9.81. The first-order valence-electron chi connectivity index (χ1n) is 4.41. The first-order valence-corrected chi connectivity index (χ1v) is 4.41. The molecular formula is C9H17NO. The van der Waals surface area contributed by atoms with Crippen molar-refractivity contribution in [3.05, 3.63) is 0 Å². The molecule has 0 aliphatic heterocycles. The zero-order chi connectivity index (χ0) is 8.10. The van der Waals surface area contributed by atoms with Crippen LogP contribution in [-0.2, 0) is 4.84 Å². The van der Waals surface area contributed by atoms with Gasteiger partial charge in [-0.3, -0.25) is 0 Å². The summed E-state index contributed by atoms with van der Waals surface area (Å²) in [5.41, 5.74) is 0. The average Bonchev–Trinajstić information content (AvgIpc) is 2.03. The molecule has 0 aromatic rings. The molecular weight excluding hydrogens is 138 g/mol. The largest absolute Gasteiger partial charge is 0.399 e. The van der Waals surface area contributed by atoms with Gasteiger partial charge in [-0.15, -0.1) is 0 Å². The number of hydrogen-bond donors (Lipinski definition) is 0. The minimum Gasteiger partial charge on any atom is -0.399 e. The molecule has 64 valence electrons. The van der Waals surface area contributed by atoms with Crippen molar-refractivity contribution in [2.75, 3.05) is 7.11 Å². The molecule has 0 aromatic carbocycles. The molecule has 1 unspecified atom stereocenters. The molecule has 0 heterocycles. The summed E-state index contributed by atoms with van der Waals surface area (Å²) in [5.74, 6) is 1.45. The van der Waals surface area contributed by atoms with Crippen molar-refractivity contribution in [3.8, 4) is 0 Å². The van der Waals surface area contributed by atoms with Crippen LogP contribution in [0.3, 0.4) is 0 Å². The minimum atomic E-state index is 0.656. The fourth-order valence-electron chi connectivity index (χ4n) is 1.71. The fraction of sp³-hybridized carbons (Fsp3) is 0.889. The minimum absolute atomic E-state index is 0.656. The van der Waals surface area contributed by atoms with E-state index in [0.29, 0.717) is 5.92 Å². The highest BCUT2D eigenvalue weighted by Crippen LogP contribution is 2.27. The van der Waals surface area contributed by atoms with Crippen LogP contribution in [0.2, 0.25) is 0 Å². The Balaban J connectivity index is 2.35. The lowest BCUT2D eigenvalue weighted by molar-refractivity contribution is 0.209. The fourth-order valence-corrected chi connectivity index (χ4v) is 1.71. The van der Waals surface area contributed by atoms with Gasteiger partial charge in [0, 0.05) is 12.1 Å². The predicted molar refractivity (Wildman–Crippen MR) is 46.6 cm³/mol. The van der Waals surface area contributed by atoms with Crippen molar-refractivity contribution in [1.29, 1.82) is 0 Å². The predicted octanol–water partition coefficient (Wildman–Crippen LogP) is 2.44. The molecule has 0 aromatic heterocycles. The van der Waals surface area contributed by atoms with Gasteiger partial charge in [0.15, 0.2) is 0 Å². The smallest absolute Gasteiger partial charge is 0.106 e. The highest BCUT2D eigenvalue weighted by atomic mass is 16.6. The molecule has 2 heteroatoms. The lowest BCUT2D eigenvalue weighted by Gasteiger charge is -2.24. The number of oxime groups is 1. The normalized spacial score (nSPS) is 32.5. The van der Waals surface area contributed by atoms with Gasteiger partial charge in [-0.05, 0) is 12.3 Å². The number of rotatable bonds is 2. The summed E-state index contributed by atoms with van der Waals surface area (Å²) in [7, 11) is 1.60. The summed E-state index contributed by atoms with van der Waals surface area (Å²) >= 11 is 0. The van der Waals surface area contributed by atoms with Crippen LogP contribution in [0.4, 0.5) is 0 Å². The maximum absolute atomic E-state index is 4.66. The van der Waals surface area contributed by atoms with Gasteiger partial charge in [0.05, 0.1) is 0 Å². The van der Waals surface area contributed by atoms with Crippen LogP contribution in [0, 0.1) is 11.8 Å². The summed E-state index contributed by atoms with van der Waals surface area (Å²) in [6.07, 6.45) is 7.33. The SMILES string of the molecule is CO/N=C/[C@H]1CCCCC1C. The Morgan fingerprint density at radius 1 is 1.36 bits per heavy atom. The first-order chi connectivity index (χ1) is 5.34. The summed E-state index contributed by atoms with van der Waals surface area (Å²) in [6, 6.07) is 0. The molecule has 0 spiro atoms. The van der Waals surface area contributed by atoms with Gasteiger partial charge in [-0.1, -0.05) is 31.3 Å². The van der Waals surface area contributed by atoms with Crippen LogP contribution in [0.15, 0.2) is 5.16 Å². The molecule has 1 fully saturated rings. The highest BCUT2D eigenvalue weighted by Gasteiger charge is 2.19. The Morgan fingerprint density at radius 2 is 2.09 bits per heavy atom. The van der Waals surface area contributed by atoms with Crippen molar-refractivity contribution in [3.63, 3.8) is 0 Å². The maximum atomic E-state index is 4.66. The van der Waals surface area contributed by atoms with E-state index in [1.165, 1.54) is 25.7 Å². The Morgan fingerprint density at radius 3 is 2.73 bits per heavy atom. The van der Waals surface area contributed by atoms with Crippen LogP contribution in [-0.4, -0.2) is 13.3 Å². The quantitative estimate of drug-likeness (QED) is 0.443. The van der Waals surface area contributed by atoms with Crippen LogP contribution in [0.1, 0.15) is 32.6 Å². The van der Waals surface area contributed by atoms with Crippen LogP contribution >= 0.6 is 0 Å². The highest BCUT2D eigenvalue weighted by molar-refractivity contribution is 5.60. The van der Waals surface area contributed by atoms with Crippen molar-refractivity contribution in [2.45, 2.75) is 32.6 Å². The molecule has 1 aliphatic carbocycles. The molecule has 0 N–H and O–H groups in total. The third-order valence-electron chi connectivity index (χ3n) is 2.54. The summed E-state index contributed by atoms with van der Waals surface area (Å²) in [5, 5.41) is 3.82. The summed E-state index contributed by atoms with van der Waals surface area (Å²) in [6.45, 7) is 2.30. The van der Waals surface area contributed by atoms with Crippen molar-refractivity contribution in [2.24, 2.45) is 17.0 Å². The van der Waals surface area contributed by atoms with E-state index in [-0.39, 0.29) is 0 Å². The number of nitrogens with zero attached hydrogens (tertiary/aromatic N) is 1. The van der Waals surface area contributed by atoms with Crippen molar-refractivity contribution >= 4 is 6.21 Å². The third kappa shape index (κ3) is 2.52. The molecule has 1 aliphatic rings. The van der Waals surface area contributed by atoms with E-state index in [2.05, 4.69) is 16.9 Å². The standard InChI is InChI=1S/C9H17NO/c1-8-5-3-4-6-9(8)7-10-11-2/h7-9H,3-6H2,1-2H3/b10-7+/t8?,9-/m1/s1. The molecule has 0 amide bonds. The van der Waals surface area contributed by atoms with E-state index in [1.807, 2.05) is 6.21 Å². The van der Waals surface area contributed by atoms with Gasteiger partial charge >= 0.3 is 0 Å². The monoisotopic (exact) mass is 155 g/mol. The Labute approximate surface area is 68.6 Å². The summed E-state index contributed by atoms with van der Waals surface area (Å²) in [4.78, 5) is 4.66. The Hall–Kier alpha value is -0.530. The van der Waals surface area contributed by atoms with E-state index < -0.39 is 0 Å². The van der Waals surface area contributed by atoms with E-state index in [1.54, 1.807) is 7.11 Å². The van der Waals surface area contributed by atoms with Gasteiger partial charge in [-0.2, -0.15) is 0 Å². The van der Waals surface area contributed by atoms with E-state index in [0.717, 1.165) is 5.92 Å². The van der Waals surface area contributed by atoms with Crippen LogP contribution in [0.5, 0.6) is 0 Å². The lowest BCUT2D eigenvalue weighted by Crippen LogP contribution is -2.17. The molecule has 11 heavy (non-hydrogen) atoms. The zero-order valence-corrected chi connectivity index (χ0v) is 7.42. The molecule has 2 atom stereocenters. The van der Waals surface area contributed by atoms with Crippen LogP contribution in [0.25, 0.3) is 0 Å². The first kappa shape index (κ1) is 8.57. The Bertz CT molecular complexity index is 134. The zero-order valence-electron chi connectivity index (χ0n) is 7.42. The molecule has 2 nitrogen and oxygen atoms in total. The van der Waals surface area contributed by atoms with Crippen molar-refractivity contribution < 1.29 is 4.84 Å². The molecule has 1 saturated carbocycles. The van der Waals surface area contributed by atoms with Gasteiger partial charge in [-0.25, -0.2) is 0 Å². The molecule has 0 bridgehead atoms. The summed E-state index contributed by atoms with van der Waals surface area (Å²) < 4.78 is 0. The topological polar surface area (TPSA) is 21.6 Å². The second kappa shape index (κ2) is 4.37. The average molecular weight is 155 g/mol.